The zero-order chi connectivity index (χ0) is 12.0. The number of anilines is 1. The SMILES string of the molecule is O=C(O)C1CN(c2cc(Br)cc3nonc23)C1. The largest absolute Gasteiger partial charge is 0.481 e. The molecule has 1 aliphatic heterocycles. The number of aliphatic carboxylic acids is 1. The number of carboxylic acid groups (broad SMARTS) is 1. The molecule has 0 unspecified atom stereocenters. The number of aromatic nitrogens is 2. The molecular formula is C10H8BrN3O3. The number of rotatable bonds is 2. The molecule has 88 valence electrons. The molecule has 1 aromatic carbocycles. The van der Waals surface area contributed by atoms with E-state index in [4.69, 9.17) is 5.11 Å². The molecule has 0 bridgehead atoms. The van der Waals surface area contributed by atoms with E-state index in [1.807, 2.05) is 17.0 Å². The van der Waals surface area contributed by atoms with Gasteiger partial charge < -0.3 is 10.0 Å². The van der Waals surface area contributed by atoms with Crippen molar-refractivity contribution in [1.29, 1.82) is 0 Å². The molecule has 2 heterocycles. The molecule has 1 aromatic heterocycles. The monoisotopic (exact) mass is 297 g/mol. The van der Waals surface area contributed by atoms with Crippen LogP contribution >= 0.6 is 15.9 Å². The van der Waals surface area contributed by atoms with Gasteiger partial charge in [0.15, 0.2) is 5.52 Å². The van der Waals surface area contributed by atoms with Crippen molar-refractivity contribution in [3.05, 3.63) is 16.6 Å². The summed E-state index contributed by atoms with van der Waals surface area (Å²) in [4.78, 5) is 12.7. The van der Waals surface area contributed by atoms with Gasteiger partial charge in [0.25, 0.3) is 0 Å². The Labute approximate surface area is 104 Å². The second kappa shape index (κ2) is 3.69. The zero-order valence-electron chi connectivity index (χ0n) is 8.63. The van der Waals surface area contributed by atoms with Crippen LogP contribution < -0.4 is 4.90 Å². The van der Waals surface area contributed by atoms with Crippen LogP contribution in [0.25, 0.3) is 11.0 Å². The predicted molar refractivity (Wildman–Crippen MR) is 62.8 cm³/mol. The molecule has 1 fully saturated rings. The lowest BCUT2D eigenvalue weighted by atomic mass is 9.99. The zero-order valence-corrected chi connectivity index (χ0v) is 10.2. The standard InChI is InChI=1S/C10H8BrN3O3/c11-6-1-7-9(13-17-12-7)8(2-6)14-3-5(4-14)10(15)16/h1-2,5H,3-4H2,(H,15,16). The Morgan fingerprint density at radius 2 is 2.24 bits per heavy atom. The van der Waals surface area contributed by atoms with E-state index in [0.29, 0.717) is 24.1 Å². The summed E-state index contributed by atoms with van der Waals surface area (Å²) in [6, 6.07) is 3.70. The van der Waals surface area contributed by atoms with E-state index in [1.54, 1.807) is 0 Å². The molecule has 0 amide bonds. The number of hydrogen-bond acceptors (Lipinski definition) is 5. The van der Waals surface area contributed by atoms with Crippen LogP contribution in [0.5, 0.6) is 0 Å². The van der Waals surface area contributed by atoms with Gasteiger partial charge in [-0.2, -0.15) is 0 Å². The lowest BCUT2D eigenvalue weighted by Gasteiger charge is -2.38. The summed E-state index contributed by atoms with van der Waals surface area (Å²) >= 11 is 3.38. The summed E-state index contributed by atoms with van der Waals surface area (Å²) in [5.41, 5.74) is 2.18. The summed E-state index contributed by atoms with van der Waals surface area (Å²) in [5, 5.41) is 16.5. The maximum Gasteiger partial charge on any atom is 0.310 e. The van der Waals surface area contributed by atoms with Crippen LogP contribution in [0.15, 0.2) is 21.2 Å². The van der Waals surface area contributed by atoms with Crippen molar-refractivity contribution >= 4 is 38.6 Å². The molecule has 2 aromatic rings. The van der Waals surface area contributed by atoms with Crippen molar-refractivity contribution in [1.82, 2.24) is 10.3 Å². The lowest BCUT2D eigenvalue weighted by Crippen LogP contribution is -2.50. The van der Waals surface area contributed by atoms with Crippen molar-refractivity contribution < 1.29 is 14.5 Å². The van der Waals surface area contributed by atoms with E-state index in [2.05, 4.69) is 30.9 Å². The molecule has 6 nitrogen and oxygen atoms in total. The first-order chi connectivity index (χ1) is 8.15. The molecule has 0 atom stereocenters. The molecule has 0 aliphatic carbocycles. The van der Waals surface area contributed by atoms with E-state index in [-0.39, 0.29) is 5.92 Å². The van der Waals surface area contributed by atoms with Gasteiger partial charge in [0.05, 0.1) is 11.6 Å². The third-order valence-corrected chi connectivity index (χ3v) is 3.34. The average molecular weight is 298 g/mol. The van der Waals surface area contributed by atoms with E-state index >= 15 is 0 Å². The molecule has 0 radical (unpaired) electrons. The second-order valence-electron chi connectivity index (χ2n) is 4.00. The molecule has 1 N–H and O–H groups in total. The molecule has 0 spiro atoms. The van der Waals surface area contributed by atoms with E-state index in [9.17, 15) is 4.79 Å². The number of carboxylic acids is 1. The van der Waals surface area contributed by atoms with Gasteiger partial charge in [-0.1, -0.05) is 15.9 Å². The third kappa shape index (κ3) is 1.66. The summed E-state index contributed by atoms with van der Waals surface area (Å²) < 4.78 is 5.56. The Hall–Kier alpha value is -1.63. The Balaban J connectivity index is 1.96. The quantitative estimate of drug-likeness (QED) is 0.905. The minimum atomic E-state index is -0.759. The number of halogens is 1. The fraction of sp³-hybridized carbons (Fsp3) is 0.300. The van der Waals surface area contributed by atoms with Crippen LogP contribution in [0.3, 0.4) is 0 Å². The maximum absolute atomic E-state index is 10.8. The summed E-state index contributed by atoms with van der Waals surface area (Å²) in [6.07, 6.45) is 0. The van der Waals surface area contributed by atoms with Crippen molar-refractivity contribution in [2.24, 2.45) is 5.92 Å². The Morgan fingerprint density at radius 3 is 2.94 bits per heavy atom. The summed E-state index contributed by atoms with van der Waals surface area (Å²) in [5.74, 6) is -1.06. The first-order valence-corrected chi connectivity index (χ1v) is 5.84. The van der Waals surface area contributed by atoms with Crippen LogP contribution in [0, 0.1) is 5.92 Å². The number of nitrogens with zero attached hydrogens (tertiary/aromatic N) is 3. The highest BCUT2D eigenvalue weighted by molar-refractivity contribution is 9.10. The molecular weight excluding hydrogens is 290 g/mol. The predicted octanol–water partition coefficient (Wildman–Crippen LogP) is 1.51. The first kappa shape index (κ1) is 10.5. The highest BCUT2D eigenvalue weighted by Gasteiger charge is 2.34. The molecule has 3 rings (SSSR count). The van der Waals surface area contributed by atoms with Gasteiger partial charge in [-0.3, -0.25) is 4.79 Å². The van der Waals surface area contributed by atoms with E-state index in [1.165, 1.54) is 0 Å². The highest BCUT2D eigenvalue weighted by Crippen LogP contribution is 2.33. The molecule has 1 aliphatic rings. The van der Waals surface area contributed by atoms with Crippen LogP contribution in [0.2, 0.25) is 0 Å². The van der Waals surface area contributed by atoms with Gasteiger partial charge in [-0.25, -0.2) is 4.63 Å². The lowest BCUT2D eigenvalue weighted by molar-refractivity contribution is -0.142. The third-order valence-electron chi connectivity index (χ3n) is 2.88. The smallest absolute Gasteiger partial charge is 0.310 e. The van der Waals surface area contributed by atoms with Gasteiger partial charge >= 0.3 is 5.97 Å². The number of benzene rings is 1. The fourth-order valence-electron chi connectivity index (χ4n) is 1.91. The number of hydrogen-bond donors (Lipinski definition) is 1. The Kier molecular flexibility index (Phi) is 2.29. The summed E-state index contributed by atoms with van der Waals surface area (Å²) in [6.45, 7) is 0.988. The second-order valence-corrected chi connectivity index (χ2v) is 4.91. The van der Waals surface area contributed by atoms with Gasteiger partial charge in [0.2, 0.25) is 0 Å². The minimum absolute atomic E-state index is 0.302. The minimum Gasteiger partial charge on any atom is -0.481 e. The Bertz CT molecular complexity index is 591. The van der Waals surface area contributed by atoms with Crippen LogP contribution in [0.1, 0.15) is 0 Å². The topological polar surface area (TPSA) is 79.5 Å². The highest BCUT2D eigenvalue weighted by atomic mass is 79.9. The molecule has 17 heavy (non-hydrogen) atoms. The fourth-order valence-corrected chi connectivity index (χ4v) is 2.35. The van der Waals surface area contributed by atoms with Crippen LogP contribution in [0.4, 0.5) is 5.69 Å². The van der Waals surface area contributed by atoms with E-state index < -0.39 is 5.97 Å². The van der Waals surface area contributed by atoms with Gasteiger partial charge in [0, 0.05) is 17.6 Å². The van der Waals surface area contributed by atoms with Gasteiger partial charge in [0.1, 0.15) is 5.52 Å². The van der Waals surface area contributed by atoms with Crippen LogP contribution in [-0.4, -0.2) is 34.5 Å². The van der Waals surface area contributed by atoms with Crippen molar-refractivity contribution in [3.8, 4) is 0 Å². The van der Waals surface area contributed by atoms with Crippen LogP contribution in [-0.2, 0) is 4.79 Å². The van der Waals surface area contributed by atoms with Gasteiger partial charge in [-0.15, -0.1) is 0 Å². The van der Waals surface area contributed by atoms with Gasteiger partial charge in [-0.05, 0) is 22.4 Å². The van der Waals surface area contributed by atoms with Crippen molar-refractivity contribution in [3.63, 3.8) is 0 Å². The molecule has 7 heteroatoms. The first-order valence-electron chi connectivity index (χ1n) is 5.05. The molecule has 0 saturated carbocycles. The summed E-state index contributed by atoms with van der Waals surface area (Å²) in [7, 11) is 0. The normalized spacial score (nSPS) is 16.2. The van der Waals surface area contributed by atoms with Crippen molar-refractivity contribution in [2.75, 3.05) is 18.0 Å². The number of carbonyl (C=O) groups is 1. The van der Waals surface area contributed by atoms with Crippen molar-refractivity contribution in [2.45, 2.75) is 0 Å². The van der Waals surface area contributed by atoms with E-state index in [0.717, 1.165) is 10.2 Å². The average Bonchev–Trinajstić information content (AvgIpc) is 2.61. The maximum atomic E-state index is 10.8. The molecule has 1 saturated heterocycles. The Morgan fingerprint density at radius 1 is 1.47 bits per heavy atom. The number of fused-ring (bicyclic) bond motifs is 1.